The number of aromatic nitrogens is 2. The van der Waals surface area contributed by atoms with Crippen LogP contribution in [0.4, 0.5) is 0 Å². The van der Waals surface area contributed by atoms with Gasteiger partial charge in [0.25, 0.3) is 5.56 Å². The number of aliphatic carboxylic acids is 1. The van der Waals surface area contributed by atoms with E-state index in [0.717, 1.165) is 16.5 Å². The van der Waals surface area contributed by atoms with Gasteiger partial charge in [-0.1, -0.05) is 27.7 Å². The molecule has 0 saturated carbocycles. The predicted molar refractivity (Wildman–Crippen MR) is 158 cm³/mol. The Morgan fingerprint density at radius 2 is 1.89 bits per heavy atom. The second-order valence-electron chi connectivity index (χ2n) is 11.6. The lowest BCUT2D eigenvalue weighted by Crippen LogP contribution is -2.47. The molecule has 0 bridgehead atoms. The fraction of sp³-hybridized carbons (Fsp3) is 0.438. The maximum Gasteiger partial charge on any atom is 0.355 e. The standard InChI is InChI=1S/C32H35N3O9/c1-5-18-19-12-17(36)7-8-23(19)34-28-20(18)14-35-25(28)13-22-21(29(35)39)15-43-31(42)32(22,6-2)44-27(38)10-9-26(37)33-24(30(40)41)11-16(3)4/h7-8,12-13,16,24,36H,5-6,9-11,14-15H2,1-4H3,(H,33,37)(H,40,41)/t24?,32-/m0/s1. The van der Waals surface area contributed by atoms with Gasteiger partial charge in [0, 0.05) is 22.9 Å². The smallest absolute Gasteiger partial charge is 0.355 e. The van der Waals surface area contributed by atoms with Crippen molar-refractivity contribution in [3.8, 4) is 17.1 Å². The summed E-state index contributed by atoms with van der Waals surface area (Å²) in [5.41, 5.74) is 1.55. The molecule has 12 heteroatoms. The van der Waals surface area contributed by atoms with E-state index in [2.05, 4.69) is 5.32 Å². The van der Waals surface area contributed by atoms with E-state index in [-0.39, 0.29) is 55.2 Å². The Labute approximate surface area is 253 Å². The predicted octanol–water partition coefficient (Wildman–Crippen LogP) is 3.29. The molecule has 0 spiro atoms. The first-order chi connectivity index (χ1) is 20.9. The number of pyridine rings is 2. The molecular formula is C32H35N3O9. The van der Waals surface area contributed by atoms with Crippen molar-refractivity contribution in [3.63, 3.8) is 0 Å². The van der Waals surface area contributed by atoms with Gasteiger partial charge >= 0.3 is 17.9 Å². The molecule has 2 aliphatic heterocycles. The zero-order valence-electron chi connectivity index (χ0n) is 25.1. The Bertz CT molecular complexity index is 1760. The molecule has 1 amide bonds. The number of carboxylic acids is 1. The van der Waals surface area contributed by atoms with Crippen LogP contribution in [0.1, 0.15) is 75.6 Å². The minimum absolute atomic E-state index is 0.0246. The number of carboxylic acid groups (broad SMARTS) is 1. The summed E-state index contributed by atoms with van der Waals surface area (Å²) in [6.45, 7) is 7.23. The number of aromatic hydroxyl groups is 1. The minimum atomic E-state index is -1.92. The van der Waals surface area contributed by atoms with Gasteiger partial charge in [0.1, 0.15) is 18.4 Å². The molecule has 1 aromatic carbocycles. The molecule has 0 saturated heterocycles. The summed E-state index contributed by atoms with van der Waals surface area (Å²) < 4.78 is 12.7. The van der Waals surface area contributed by atoms with Gasteiger partial charge in [-0.2, -0.15) is 0 Å². The Hall–Kier alpha value is -4.74. The number of aryl methyl sites for hydroxylation is 1. The Morgan fingerprint density at radius 3 is 2.55 bits per heavy atom. The highest BCUT2D eigenvalue weighted by atomic mass is 16.6. The first-order valence-corrected chi connectivity index (χ1v) is 14.7. The van der Waals surface area contributed by atoms with Crippen molar-refractivity contribution in [1.82, 2.24) is 14.9 Å². The molecule has 2 atom stereocenters. The van der Waals surface area contributed by atoms with Crippen molar-refractivity contribution < 1.29 is 38.9 Å². The van der Waals surface area contributed by atoms with Crippen molar-refractivity contribution in [2.75, 3.05) is 0 Å². The number of benzene rings is 1. The van der Waals surface area contributed by atoms with Gasteiger partial charge < -0.3 is 29.6 Å². The summed E-state index contributed by atoms with van der Waals surface area (Å²) >= 11 is 0. The van der Waals surface area contributed by atoms with E-state index in [1.807, 2.05) is 20.8 Å². The normalized spacial score (nSPS) is 17.4. The summed E-state index contributed by atoms with van der Waals surface area (Å²) in [4.78, 5) is 69.0. The van der Waals surface area contributed by atoms with Crippen molar-refractivity contribution >= 4 is 34.7 Å². The number of ether oxygens (including phenoxy) is 2. The van der Waals surface area contributed by atoms with Crippen molar-refractivity contribution in [3.05, 3.63) is 56.9 Å². The molecule has 0 radical (unpaired) electrons. The van der Waals surface area contributed by atoms with E-state index in [1.54, 1.807) is 35.8 Å². The molecular weight excluding hydrogens is 570 g/mol. The second kappa shape index (κ2) is 11.7. The lowest BCUT2D eigenvalue weighted by molar-refractivity contribution is -0.189. The number of fused-ring (bicyclic) bond motifs is 5. The zero-order chi connectivity index (χ0) is 31.9. The number of nitrogens with zero attached hydrogens (tertiary/aromatic N) is 2. The van der Waals surface area contributed by atoms with E-state index in [4.69, 9.17) is 14.5 Å². The summed E-state index contributed by atoms with van der Waals surface area (Å²) in [5.74, 6) is -3.38. The van der Waals surface area contributed by atoms with Gasteiger partial charge in [0.05, 0.1) is 35.4 Å². The van der Waals surface area contributed by atoms with Gasteiger partial charge in [0.2, 0.25) is 11.5 Å². The number of hydrogen-bond donors (Lipinski definition) is 3. The van der Waals surface area contributed by atoms with E-state index >= 15 is 0 Å². The summed E-state index contributed by atoms with van der Waals surface area (Å²) in [5, 5.41) is 22.7. The van der Waals surface area contributed by atoms with Gasteiger partial charge in [-0.15, -0.1) is 0 Å². The molecule has 5 rings (SSSR count). The highest BCUT2D eigenvalue weighted by molar-refractivity contribution is 5.91. The van der Waals surface area contributed by atoms with Gasteiger partial charge in [0.15, 0.2) is 0 Å². The molecule has 1 unspecified atom stereocenters. The molecule has 4 heterocycles. The van der Waals surface area contributed by atoms with Gasteiger partial charge in [-0.3, -0.25) is 14.4 Å². The largest absolute Gasteiger partial charge is 0.508 e. The number of carbonyl (C=O) groups is 4. The van der Waals surface area contributed by atoms with Crippen molar-refractivity contribution in [1.29, 1.82) is 0 Å². The highest BCUT2D eigenvalue weighted by Crippen LogP contribution is 2.42. The number of esters is 2. The minimum Gasteiger partial charge on any atom is -0.508 e. The lowest BCUT2D eigenvalue weighted by atomic mass is 9.85. The number of carbonyl (C=O) groups excluding carboxylic acids is 3. The topological polar surface area (TPSA) is 174 Å². The van der Waals surface area contributed by atoms with E-state index in [1.165, 1.54) is 0 Å². The quantitative estimate of drug-likeness (QED) is 0.228. The third kappa shape index (κ3) is 5.29. The molecule has 232 valence electrons. The zero-order valence-corrected chi connectivity index (χ0v) is 25.1. The van der Waals surface area contributed by atoms with Crippen LogP contribution in [0.3, 0.4) is 0 Å². The van der Waals surface area contributed by atoms with Gasteiger partial charge in [-0.05, 0) is 55.0 Å². The molecule has 3 aromatic rings. The molecule has 3 N–H and O–H groups in total. The maximum atomic E-state index is 13.8. The summed E-state index contributed by atoms with van der Waals surface area (Å²) in [7, 11) is 0. The number of rotatable bonds is 10. The van der Waals surface area contributed by atoms with Crippen LogP contribution >= 0.6 is 0 Å². The van der Waals surface area contributed by atoms with Crippen LogP contribution in [-0.4, -0.2) is 49.6 Å². The molecule has 44 heavy (non-hydrogen) atoms. The van der Waals surface area contributed by atoms with Crippen LogP contribution in [0, 0.1) is 5.92 Å². The van der Waals surface area contributed by atoms with Crippen LogP contribution < -0.4 is 10.9 Å². The van der Waals surface area contributed by atoms with Crippen molar-refractivity contribution in [2.24, 2.45) is 5.92 Å². The third-order valence-electron chi connectivity index (χ3n) is 8.30. The van der Waals surface area contributed by atoms with Crippen LogP contribution in [-0.2, 0) is 53.8 Å². The Morgan fingerprint density at radius 1 is 1.14 bits per heavy atom. The van der Waals surface area contributed by atoms with Crippen molar-refractivity contribution in [2.45, 2.75) is 84.6 Å². The monoisotopic (exact) mass is 605 g/mol. The highest BCUT2D eigenvalue weighted by Gasteiger charge is 2.50. The maximum absolute atomic E-state index is 13.8. The number of phenols is 1. The molecule has 0 aliphatic carbocycles. The van der Waals surface area contributed by atoms with E-state index in [9.17, 15) is 34.2 Å². The average molecular weight is 606 g/mol. The molecule has 0 fully saturated rings. The molecule has 12 nitrogen and oxygen atoms in total. The number of nitrogens with one attached hydrogen (secondary N) is 1. The Kier molecular flexibility index (Phi) is 8.19. The Balaban J connectivity index is 1.47. The first kappa shape index (κ1) is 30.7. The number of hydrogen-bond acceptors (Lipinski definition) is 9. The van der Waals surface area contributed by atoms with Gasteiger partial charge in [-0.25, -0.2) is 14.6 Å². The fourth-order valence-corrected chi connectivity index (χ4v) is 6.13. The van der Waals surface area contributed by atoms with E-state index < -0.39 is 47.4 Å². The third-order valence-corrected chi connectivity index (χ3v) is 8.30. The molecule has 2 aromatic heterocycles. The van der Waals surface area contributed by atoms with Crippen LogP contribution in [0.15, 0.2) is 29.1 Å². The number of cyclic esters (lactones) is 1. The summed E-state index contributed by atoms with van der Waals surface area (Å²) in [6.07, 6.45) is 0.0470. The van der Waals surface area contributed by atoms with Crippen LogP contribution in [0.5, 0.6) is 5.75 Å². The number of amides is 1. The fourth-order valence-electron chi connectivity index (χ4n) is 6.13. The first-order valence-electron chi connectivity index (χ1n) is 14.7. The molecule has 2 aliphatic rings. The number of phenolic OH excluding ortho intramolecular Hbond substituents is 1. The van der Waals surface area contributed by atoms with Crippen LogP contribution in [0.2, 0.25) is 0 Å². The lowest BCUT2D eigenvalue weighted by Gasteiger charge is -2.35. The summed E-state index contributed by atoms with van der Waals surface area (Å²) in [6, 6.07) is 5.47. The average Bonchev–Trinajstić information content (AvgIpc) is 3.34. The SMILES string of the molecule is CCc1c2c(nc3ccc(O)cc13)-c1cc3c(c(=O)n1C2)COC(=O)[C@@]3(CC)OC(=O)CCC(=O)NC(CC(C)C)C(=O)O. The van der Waals surface area contributed by atoms with E-state index in [0.29, 0.717) is 23.3 Å². The van der Waals surface area contributed by atoms with Crippen LogP contribution in [0.25, 0.3) is 22.3 Å². The second-order valence-corrected chi connectivity index (χ2v) is 11.6.